The SMILES string of the molecule is COC(=O)NC(C(=O)N1CCCC1c1ncc(-c2ccc(B3OC(C)(C)C(C)(C)O3)cc2)[nH]1)C(C)(C)S(C)(=O)=O. The van der Waals surface area contributed by atoms with Crippen LogP contribution in [0, 0.1) is 0 Å². The number of imidazole rings is 1. The first kappa shape index (κ1) is 30.1. The maximum absolute atomic E-state index is 13.7. The molecule has 0 spiro atoms. The summed E-state index contributed by atoms with van der Waals surface area (Å²) < 4.78 is 40.5. The van der Waals surface area contributed by atoms with Gasteiger partial charge in [-0.1, -0.05) is 24.3 Å². The smallest absolute Gasteiger partial charge is 0.453 e. The molecule has 13 heteroatoms. The molecule has 2 N–H and O–H groups in total. The number of likely N-dealkylation sites (tertiary alicyclic amines) is 1. The molecular weight excluding hydrogens is 535 g/mol. The molecule has 2 amide bonds. The Morgan fingerprint density at radius 3 is 2.33 bits per heavy atom. The van der Waals surface area contributed by atoms with Crippen LogP contribution in [-0.2, 0) is 28.7 Å². The third-order valence-electron chi connectivity index (χ3n) is 8.54. The predicted octanol–water partition coefficient (Wildman–Crippen LogP) is 2.59. The lowest BCUT2D eigenvalue weighted by Crippen LogP contribution is -2.61. The lowest BCUT2D eigenvalue weighted by atomic mass is 9.79. The summed E-state index contributed by atoms with van der Waals surface area (Å²) in [5.41, 5.74) is 1.73. The summed E-state index contributed by atoms with van der Waals surface area (Å²) in [5.74, 6) is 0.0814. The molecule has 2 aromatic rings. The number of rotatable bonds is 7. The van der Waals surface area contributed by atoms with Crippen molar-refractivity contribution in [3.05, 3.63) is 36.3 Å². The van der Waals surface area contributed by atoms with Gasteiger partial charge in [-0.15, -0.1) is 0 Å². The van der Waals surface area contributed by atoms with Crippen molar-refractivity contribution in [1.82, 2.24) is 20.2 Å². The van der Waals surface area contributed by atoms with Crippen molar-refractivity contribution >= 4 is 34.4 Å². The largest absolute Gasteiger partial charge is 0.494 e. The fraction of sp³-hybridized carbons (Fsp3) is 0.593. The molecule has 11 nitrogen and oxygen atoms in total. The van der Waals surface area contributed by atoms with Gasteiger partial charge >= 0.3 is 13.2 Å². The molecule has 40 heavy (non-hydrogen) atoms. The van der Waals surface area contributed by atoms with Gasteiger partial charge < -0.3 is 29.2 Å². The second-order valence-electron chi connectivity index (χ2n) is 12.0. The van der Waals surface area contributed by atoms with Gasteiger partial charge in [0.2, 0.25) is 5.91 Å². The van der Waals surface area contributed by atoms with Crippen molar-refractivity contribution < 1.29 is 32.1 Å². The zero-order valence-corrected chi connectivity index (χ0v) is 25.2. The standard InChI is InChI=1S/C27H39BN4O7S/c1-25(2,40(8,35)36)21(31-24(34)37-7)23(33)32-15-9-10-20(32)22-29-16-19(30-22)17-11-13-18(14-12-17)28-38-26(3,4)27(5,6)39-28/h11-14,16,20-21H,9-10,15H2,1-8H3,(H,29,30)(H,31,34). The molecule has 2 saturated heterocycles. The van der Waals surface area contributed by atoms with E-state index in [0.29, 0.717) is 25.2 Å². The zero-order valence-electron chi connectivity index (χ0n) is 24.4. The van der Waals surface area contributed by atoms with Gasteiger partial charge in [0.1, 0.15) is 11.9 Å². The Morgan fingerprint density at radius 1 is 1.18 bits per heavy atom. The highest BCUT2D eigenvalue weighted by molar-refractivity contribution is 7.92. The summed E-state index contributed by atoms with van der Waals surface area (Å²) in [4.78, 5) is 35.3. The Balaban J connectivity index is 1.54. The van der Waals surface area contributed by atoms with Crippen molar-refractivity contribution in [2.45, 2.75) is 82.4 Å². The van der Waals surface area contributed by atoms with E-state index in [1.54, 1.807) is 11.1 Å². The highest BCUT2D eigenvalue weighted by Gasteiger charge is 2.52. The van der Waals surface area contributed by atoms with Crippen molar-refractivity contribution in [3.8, 4) is 11.3 Å². The molecule has 4 rings (SSSR count). The molecule has 2 aliphatic heterocycles. The normalized spacial score (nSPS) is 21.4. The van der Waals surface area contributed by atoms with Gasteiger partial charge in [-0.25, -0.2) is 18.2 Å². The fourth-order valence-electron chi connectivity index (χ4n) is 4.86. The van der Waals surface area contributed by atoms with Crippen molar-refractivity contribution in [2.24, 2.45) is 0 Å². The van der Waals surface area contributed by atoms with Crippen LogP contribution in [0.15, 0.2) is 30.5 Å². The lowest BCUT2D eigenvalue weighted by Gasteiger charge is -2.36. The van der Waals surface area contributed by atoms with E-state index in [4.69, 9.17) is 9.31 Å². The van der Waals surface area contributed by atoms with E-state index in [0.717, 1.165) is 30.1 Å². The van der Waals surface area contributed by atoms with Crippen LogP contribution >= 0.6 is 0 Å². The van der Waals surface area contributed by atoms with Crippen LogP contribution in [0.2, 0.25) is 0 Å². The number of carbonyl (C=O) groups is 2. The number of alkyl carbamates (subject to hydrolysis) is 1. The molecule has 0 radical (unpaired) electrons. The van der Waals surface area contributed by atoms with Gasteiger partial charge in [-0.2, -0.15) is 0 Å². The zero-order chi connectivity index (χ0) is 29.7. The molecular formula is C27H39BN4O7S. The van der Waals surface area contributed by atoms with E-state index >= 15 is 0 Å². The van der Waals surface area contributed by atoms with E-state index in [2.05, 4.69) is 20.0 Å². The third kappa shape index (κ3) is 5.51. The number of methoxy groups -OCH3 is 1. The number of sulfone groups is 1. The Morgan fingerprint density at radius 2 is 1.77 bits per heavy atom. The summed E-state index contributed by atoms with van der Waals surface area (Å²) in [6.07, 6.45) is 3.23. The average molecular weight is 575 g/mol. The molecule has 0 bridgehead atoms. The third-order valence-corrected chi connectivity index (χ3v) is 10.7. The summed E-state index contributed by atoms with van der Waals surface area (Å²) in [7, 11) is -3.02. The lowest BCUT2D eigenvalue weighted by molar-refractivity contribution is -0.135. The van der Waals surface area contributed by atoms with E-state index in [1.165, 1.54) is 13.8 Å². The van der Waals surface area contributed by atoms with Gasteiger partial charge in [-0.05, 0) is 65.4 Å². The van der Waals surface area contributed by atoms with Crippen molar-refractivity contribution in [1.29, 1.82) is 0 Å². The summed E-state index contributed by atoms with van der Waals surface area (Å²) in [6, 6.07) is 6.09. The molecule has 2 fully saturated rings. The Labute approximate surface area is 236 Å². The molecule has 2 atom stereocenters. The first-order chi connectivity index (χ1) is 18.5. The highest BCUT2D eigenvalue weighted by Crippen LogP contribution is 2.37. The minimum Gasteiger partial charge on any atom is -0.453 e. The number of amides is 2. The summed E-state index contributed by atoms with van der Waals surface area (Å²) >= 11 is 0. The summed E-state index contributed by atoms with van der Waals surface area (Å²) in [6.45, 7) is 11.3. The Kier molecular flexibility index (Phi) is 7.89. The first-order valence-corrected chi connectivity index (χ1v) is 15.2. The molecule has 218 valence electrons. The second-order valence-corrected chi connectivity index (χ2v) is 14.6. The predicted molar refractivity (Wildman–Crippen MR) is 152 cm³/mol. The fourth-order valence-corrected chi connectivity index (χ4v) is 5.44. The van der Waals surface area contributed by atoms with Crippen LogP contribution in [0.3, 0.4) is 0 Å². The van der Waals surface area contributed by atoms with Crippen LogP contribution in [-0.4, -0.2) is 84.3 Å². The summed E-state index contributed by atoms with van der Waals surface area (Å²) in [5, 5.41) is 2.45. The van der Waals surface area contributed by atoms with E-state index in [-0.39, 0.29) is 0 Å². The molecule has 1 aromatic heterocycles. The van der Waals surface area contributed by atoms with Gasteiger partial charge in [0.15, 0.2) is 9.84 Å². The van der Waals surface area contributed by atoms with Crippen LogP contribution in [0.4, 0.5) is 4.79 Å². The number of benzene rings is 1. The number of H-pyrrole nitrogens is 1. The van der Waals surface area contributed by atoms with Crippen molar-refractivity contribution in [3.63, 3.8) is 0 Å². The maximum atomic E-state index is 13.7. The molecule has 1 aromatic carbocycles. The number of nitrogens with one attached hydrogen (secondary N) is 2. The number of carbonyl (C=O) groups excluding carboxylic acids is 2. The van der Waals surface area contributed by atoms with Gasteiger partial charge in [-0.3, -0.25) is 4.79 Å². The average Bonchev–Trinajstić information content (AvgIpc) is 3.59. The van der Waals surface area contributed by atoms with E-state index < -0.39 is 57.0 Å². The molecule has 2 unspecified atom stereocenters. The van der Waals surface area contributed by atoms with Crippen molar-refractivity contribution in [2.75, 3.05) is 19.9 Å². The number of aromatic amines is 1. The topological polar surface area (TPSA) is 140 Å². The second kappa shape index (κ2) is 10.5. The number of aromatic nitrogens is 2. The first-order valence-electron chi connectivity index (χ1n) is 13.3. The molecule has 0 saturated carbocycles. The highest BCUT2D eigenvalue weighted by atomic mass is 32.2. The molecule has 0 aliphatic carbocycles. The molecule has 2 aliphatic rings. The maximum Gasteiger partial charge on any atom is 0.494 e. The molecule has 3 heterocycles. The number of hydrogen-bond acceptors (Lipinski definition) is 8. The minimum atomic E-state index is -3.73. The van der Waals surface area contributed by atoms with Gasteiger partial charge in [0.25, 0.3) is 0 Å². The van der Waals surface area contributed by atoms with E-state index in [1.807, 2.05) is 52.0 Å². The van der Waals surface area contributed by atoms with E-state index in [9.17, 15) is 18.0 Å². The Bertz CT molecular complexity index is 1360. The van der Waals surface area contributed by atoms with Crippen LogP contribution < -0.4 is 10.8 Å². The van der Waals surface area contributed by atoms with Crippen LogP contribution in [0.5, 0.6) is 0 Å². The van der Waals surface area contributed by atoms with Gasteiger partial charge in [0.05, 0.1) is 41.0 Å². The quantitative estimate of drug-likeness (QED) is 0.481. The number of ether oxygens (including phenoxy) is 1. The monoisotopic (exact) mass is 574 g/mol. The van der Waals surface area contributed by atoms with Crippen LogP contribution in [0.25, 0.3) is 11.3 Å². The Hall–Kier alpha value is -2.90. The minimum absolute atomic E-state index is 0.400. The van der Waals surface area contributed by atoms with Crippen LogP contribution in [0.1, 0.15) is 66.3 Å². The number of nitrogens with zero attached hydrogens (tertiary/aromatic N) is 2. The number of hydrogen-bond donors (Lipinski definition) is 2. The van der Waals surface area contributed by atoms with Gasteiger partial charge in [0, 0.05) is 12.8 Å².